The molecular formula is C13H15NO3S. The summed E-state index contributed by atoms with van der Waals surface area (Å²) < 4.78 is 0. The Morgan fingerprint density at radius 2 is 2.06 bits per heavy atom. The molecule has 4 nitrogen and oxygen atoms in total. The van der Waals surface area contributed by atoms with Crippen LogP contribution in [0.25, 0.3) is 0 Å². The minimum atomic E-state index is -0.805. The predicted molar refractivity (Wildman–Crippen MR) is 69.5 cm³/mol. The van der Waals surface area contributed by atoms with Gasteiger partial charge in [-0.05, 0) is 18.6 Å². The van der Waals surface area contributed by atoms with Gasteiger partial charge in [0.25, 0.3) is 0 Å². The number of likely N-dealkylation sites (tertiary alicyclic amines) is 1. The molecule has 0 radical (unpaired) electrons. The van der Waals surface area contributed by atoms with Gasteiger partial charge in [-0.3, -0.25) is 9.59 Å². The molecule has 1 unspecified atom stereocenters. The molecule has 96 valence electrons. The molecule has 1 aromatic carbocycles. The van der Waals surface area contributed by atoms with E-state index in [9.17, 15) is 9.59 Å². The van der Waals surface area contributed by atoms with Crippen molar-refractivity contribution in [2.75, 3.05) is 18.8 Å². The van der Waals surface area contributed by atoms with Crippen LogP contribution in [-0.2, 0) is 9.59 Å². The first-order valence-electron chi connectivity index (χ1n) is 5.85. The molecule has 1 saturated heterocycles. The molecule has 2 rings (SSSR count). The number of nitrogens with zero attached hydrogens (tertiary/aromatic N) is 1. The average Bonchev–Trinajstić information content (AvgIpc) is 2.87. The maximum atomic E-state index is 11.9. The molecule has 5 heteroatoms. The van der Waals surface area contributed by atoms with Crippen LogP contribution in [-0.4, -0.2) is 40.7 Å². The zero-order valence-electron chi connectivity index (χ0n) is 9.91. The molecule has 1 aromatic rings. The Bertz CT molecular complexity index is 435. The highest BCUT2D eigenvalue weighted by atomic mass is 32.2. The third kappa shape index (κ3) is 3.26. The van der Waals surface area contributed by atoms with Crippen molar-refractivity contribution in [1.82, 2.24) is 4.90 Å². The predicted octanol–water partition coefficient (Wildman–Crippen LogP) is 1.71. The van der Waals surface area contributed by atoms with E-state index in [1.807, 2.05) is 30.3 Å². The fourth-order valence-corrected chi connectivity index (χ4v) is 2.76. The molecule has 0 aliphatic carbocycles. The SMILES string of the molecule is O=C(O)C1CCN(C(=O)CSc2ccccc2)C1. The summed E-state index contributed by atoms with van der Waals surface area (Å²) in [5.74, 6) is -0.805. The summed E-state index contributed by atoms with van der Waals surface area (Å²) in [5, 5.41) is 8.88. The molecule has 0 saturated carbocycles. The number of hydrogen-bond donors (Lipinski definition) is 1. The Hall–Kier alpha value is -1.49. The van der Waals surface area contributed by atoms with Gasteiger partial charge in [-0.15, -0.1) is 11.8 Å². The van der Waals surface area contributed by atoms with E-state index < -0.39 is 11.9 Å². The minimum absolute atomic E-state index is 0.0209. The molecule has 0 bridgehead atoms. The Morgan fingerprint density at radius 1 is 1.33 bits per heavy atom. The first-order chi connectivity index (χ1) is 8.66. The van der Waals surface area contributed by atoms with E-state index in [0.717, 1.165) is 4.90 Å². The largest absolute Gasteiger partial charge is 0.481 e. The third-order valence-corrected chi connectivity index (χ3v) is 3.99. The van der Waals surface area contributed by atoms with Gasteiger partial charge in [0.1, 0.15) is 0 Å². The van der Waals surface area contributed by atoms with Crippen LogP contribution in [0.2, 0.25) is 0 Å². The van der Waals surface area contributed by atoms with Gasteiger partial charge in [-0.2, -0.15) is 0 Å². The normalized spacial score (nSPS) is 18.9. The van der Waals surface area contributed by atoms with Crippen molar-refractivity contribution >= 4 is 23.6 Å². The van der Waals surface area contributed by atoms with Crippen molar-refractivity contribution in [2.24, 2.45) is 5.92 Å². The van der Waals surface area contributed by atoms with Gasteiger partial charge in [-0.1, -0.05) is 18.2 Å². The molecule has 1 aliphatic rings. The van der Waals surface area contributed by atoms with Crippen LogP contribution in [0, 0.1) is 5.92 Å². The van der Waals surface area contributed by atoms with Crippen LogP contribution in [0.1, 0.15) is 6.42 Å². The van der Waals surface area contributed by atoms with Crippen molar-refractivity contribution in [3.8, 4) is 0 Å². The second kappa shape index (κ2) is 5.91. The second-order valence-corrected chi connectivity index (χ2v) is 5.31. The Morgan fingerprint density at radius 3 is 2.67 bits per heavy atom. The van der Waals surface area contributed by atoms with E-state index in [2.05, 4.69) is 0 Å². The third-order valence-electron chi connectivity index (χ3n) is 3.00. The lowest BCUT2D eigenvalue weighted by Crippen LogP contribution is -2.31. The number of thioether (sulfide) groups is 1. The van der Waals surface area contributed by atoms with Crippen molar-refractivity contribution in [3.63, 3.8) is 0 Å². The number of carbonyl (C=O) groups is 2. The van der Waals surface area contributed by atoms with E-state index in [4.69, 9.17) is 5.11 Å². The number of carboxylic acid groups (broad SMARTS) is 1. The number of carbonyl (C=O) groups excluding carboxylic acids is 1. The standard InChI is InChI=1S/C13H15NO3S/c15-12(9-18-11-4-2-1-3-5-11)14-7-6-10(8-14)13(16)17/h1-5,10H,6-9H2,(H,16,17). The van der Waals surface area contributed by atoms with Crippen LogP contribution < -0.4 is 0 Å². The topological polar surface area (TPSA) is 57.6 Å². The van der Waals surface area contributed by atoms with Gasteiger partial charge < -0.3 is 10.0 Å². The second-order valence-electron chi connectivity index (χ2n) is 4.27. The van der Waals surface area contributed by atoms with Gasteiger partial charge in [0.05, 0.1) is 11.7 Å². The zero-order valence-corrected chi connectivity index (χ0v) is 10.7. The molecule has 1 heterocycles. The molecule has 1 N–H and O–H groups in total. The lowest BCUT2D eigenvalue weighted by molar-refractivity contribution is -0.141. The average molecular weight is 265 g/mol. The van der Waals surface area contributed by atoms with Crippen molar-refractivity contribution in [1.29, 1.82) is 0 Å². The molecule has 1 fully saturated rings. The first-order valence-corrected chi connectivity index (χ1v) is 6.84. The Kier molecular flexibility index (Phi) is 4.25. The number of carboxylic acids is 1. The highest BCUT2D eigenvalue weighted by Crippen LogP contribution is 2.21. The fourth-order valence-electron chi connectivity index (χ4n) is 1.94. The highest BCUT2D eigenvalue weighted by molar-refractivity contribution is 8.00. The number of benzene rings is 1. The lowest BCUT2D eigenvalue weighted by Gasteiger charge is -2.15. The van der Waals surface area contributed by atoms with Crippen molar-refractivity contribution in [3.05, 3.63) is 30.3 Å². The molecule has 0 aromatic heterocycles. The maximum Gasteiger partial charge on any atom is 0.308 e. The van der Waals surface area contributed by atoms with Crippen molar-refractivity contribution < 1.29 is 14.7 Å². The van der Waals surface area contributed by atoms with E-state index >= 15 is 0 Å². The van der Waals surface area contributed by atoms with Gasteiger partial charge in [-0.25, -0.2) is 0 Å². The molecule has 1 aliphatic heterocycles. The first kappa shape index (κ1) is 13.0. The van der Waals surface area contributed by atoms with Crippen LogP contribution >= 0.6 is 11.8 Å². The fraction of sp³-hybridized carbons (Fsp3) is 0.385. The summed E-state index contributed by atoms with van der Waals surface area (Å²) in [4.78, 5) is 25.4. The van der Waals surface area contributed by atoms with Crippen LogP contribution in [0.3, 0.4) is 0 Å². The summed E-state index contributed by atoms with van der Waals surface area (Å²) >= 11 is 1.49. The van der Waals surface area contributed by atoms with Gasteiger partial charge in [0, 0.05) is 18.0 Å². The van der Waals surface area contributed by atoms with Crippen molar-refractivity contribution in [2.45, 2.75) is 11.3 Å². The molecule has 1 atom stereocenters. The van der Waals surface area contributed by atoms with E-state index in [1.165, 1.54) is 11.8 Å². The molecule has 0 spiro atoms. The van der Waals surface area contributed by atoms with E-state index in [-0.39, 0.29) is 5.91 Å². The molecular weight excluding hydrogens is 250 g/mol. The monoisotopic (exact) mass is 265 g/mol. The van der Waals surface area contributed by atoms with Crippen LogP contribution in [0.5, 0.6) is 0 Å². The Balaban J connectivity index is 1.81. The quantitative estimate of drug-likeness (QED) is 0.842. The summed E-state index contributed by atoms with van der Waals surface area (Å²) in [6.07, 6.45) is 0.567. The van der Waals surface area contributed by atoms with Crippen LogP contribution in [0.4, 0.5) is 0 Å². The van der Waals surface area contributed by atoms with E-state index in [1.54, 1.807) is 4.90 Å². The van der Waals surface area contributed by atoms with Gasteiger partial charge >= 0.3 is 5.97 Å². The number of aliphatic carboxylic acids is 1. The lowest BCUT2D eigenvalue weighted by atomic mass is 10.1. The Labute approximate surface area is 110 Å². The number of rotatable bonds is 4. The highest BCUT2D eigenvalue weighted by Gasteiger charge is 2.30. The molecule has 18 heavy (non-hydrogen) atoms. The zero-order chi connectivity index (χ0) is 13.0. The number of hydrogen-bond acceptors (Lipinski definition) is 3. The summed E-state index contributed by atoms with van der Waals surface area (Å²) in [6.45, 7) is 0.911. The minimum Gasteiger partial charge on any atom is -0.481 e. The maximum absolute atomic E-state index is 11.9. The van der Waals surface area contributed by atoms with Gasteiger partial charge in [0.15, 0.2) is 0 Å². The molecule has 1 amide bonds. The van der Waals surface area contributed by atoms with Crippen LogP contribution in [0.15, 0.2) is 35.2 Å². The summed E-state index contributed by atoms with van der Waals surface area (Å²) in [5.41, 5.74) is 0. The smallest absolute Gasteiger partial charge is 0.308 e. The number of amides is 1. The van der Waals surface area contributed by atoms with Gasteiger partial charge in [0.2, 0.25) is 5.91 Å². The summed E-state index contributed by atoms with van der Waals surface area (Å²) in [7, 11) is 0. The summed E-state index contributed by atoms with van der Waals surface area (Å²) in [6, 6.07) is 9.72. The van der Waals surface area contributed by atoms with E-state index in [0.29, 0.717) is 25.3 Å².